The fraction of sp³-hybridized carbons (Fsp3) is 0.154. The molecule has 0 radical (unpaired) electrons. The van der Waals surface area contributed by atoms with E-state index in [1.54, 1.807) is 13.0 Å². The molecule has 2 rings (SSSR count). The third-order valence-electron chi connectivity index (χ3n) is 2.54. The number of nitrogens with one attached hydrogen (secondary N) is 1. The first-order valence-corrected chi connectivity index (χ1v) is 5.90. The van der Waals surface area contributed by atoms with Gasteiger partial charge in [0.05, 0.1) is 16.8 Å². The van der Waals surface area contributed by atoms with Crippen LogP contribution in [-0.4, -0.2) is 10.1 Å². The molecule has 1 aromatic carbocycles. The van der Waals surface area contributed by atoms with Crippen LogP contribution in [0.2, 0.25) is 5.02 Å². The zero-order valence-corrected chi connectivity index (χ0v) is 10.6. The molecule has 2 aromatic rings. The van der Waals surface area contributed by atoms with Crippen LogP contribution in [0.5, 0.6) is 0 Å². The molecule has 0 spiro atoms. The Labute approximate surface area is 110 Å². The number of anilines is 3. The first kappa shape index (κ1) is 12.7. The second-order valence-corrected chi connectivity index (χ2v) is 4.45. The smallest absolute Gasteiger partial charge is 0.153 e. The summed E-state index contributed by atoms with van der Waals surface area (Å²) >= 11 is 5.78. The van der Waals surface area contributed by atoms with Gasteiger partial charge in [0.15, 0.2) is 5.82 Å². The molecule has 0 saturated heterocycles. The van der Waals surface area contributed by atoms with Crippen LogP contribution in [0, 0.1) is 0 Å². The van der Waals surface area contributed by atoms with Gasteiger partial charge in [-0.1, -0.05) is 23.7 Å². The summed E-state index contributed by atoms with van der Waals surface area (Å²) in [6, 6.07) is 9.05. The Morgan fingerprint density at radius 2 is 2.00 bits per heavy atom. The molecule has 0 saturated carbocycles. The van der Waals surface area contributed by atoms with Crippen LogP contribution in [-0.2, 0) is 0 Å². The summed E-state index contributed by atoms with van der Waals surface area (Å²) < 4.78 is 0. The van der Waals surface area contributed by atoms with E-state index in [4.69, 9.17) is 17.3 Å². The zero-order chi connectivity index (χ0) is 13.1. The van der Waals surface area contributed by atoms with Crippen LogP contribution < -0.4 is 11.1 Å². The van der Waals surface area contributed by atoms with Gasteiger partial charge in [0.25, 0.3) is 0 Å². The van der Waals surface area contributed by atoms with Gasteiger partial charge >= 0.3 is 0 Å². The summed E-state index contributed by atoms with van der Waals surface area (Å²) in [6.07, 6.45) is 1.06. The molecule has 0 aliphatic carbocycles. The molecule has 4 N–H and O–H groups in total. The van der Waals surface area contributed by atoms with Gasteiger partial charge in [-0.15, -0.1) is 0 Å². The zero-order valence-electron chi connectivity index (χ0n) is 9.89. The lowest BCUT2D eigenvalue weighted by atomic mass is 10.1. The molecule has 0 aliphatic heterocycles. The standard InChI is InChI=1S/C13H14ClN3O/c1-8(18)9-2-4-11(5-3-9)17-13-12(15)6-10(14)7-16-13/h2-8,18H,15H2,1H3,(H,16,17). The maximum Gasteiger partial charge on any atom is 0.153 e. The predicted octanol–water partition coefficient (Wildman–Crippen LogP) is 3.11. The number of nitrogens with two attached hydrogens (primary N) is 1. The predicted molar refractivity (Wildman–Crippen MR) is 74.0 cm³/mol. The number of hydrogen-bond donors (Lipinski definition) is 3. The van der Waals surface area contributed by atoms with Gasteiger partial charge in [-0.3, -0.25) is 0 Å². The van der Waals surface area contributed by atoms with Crippen molar-refractivity contribution in [2.45, 2.75) is 13.0 Å². The summed E-state index contributed by atoms with van der Waals surface area (Å²) in [5.74, 6) is 0.559. The Balaban J connectivity index is 2.18. The number of nitrogens with zero attached hydrogens (tertiary/aromatic N) is 1. The van der Waals surface area contributed by atoms with Crippen molar-refractivity contribution in [1.29, 1.82) is 0 Å². The molecular weight excluding hydrogens is 250 g/mol. The van der Waals surface area contributed by atoms with E-state index in [9.17, 15) is 5.11 Å². The maximum atomic E-state index is 9.41. The van der Waals surface area contributed by atoms with Crippen molar-refractivity contribution in [3.8, 4) is 0 Å². The van der Waals surface area contributed by atoms with Gasteiger partial charge in [0, 0.05) is 11.9 Å². The van der Waals surface area contributed by atoms with E-state index in [0.29, 0.717) is 16.5 Å². The van der Waals surface area contributed by atoms with E-state index in [2.05, 4.69) is 10.3 Å². The topological polar surface area (TPSA) is 71.2 Å². The van der Waals surface area contributed by atoms with E-state index in [-0.39, 0.29) is 0 Å². The van der Waals surface area contributed by atoms with Gasteiger partial charge in [-0.05, 0) is 30.7 Å². The lowest BCUT2D eigenvalue weighted by molar-refractivity contribution is 0.199. The second kappa shape index (κ2) is 5.25. The van der Waals surface area contributed by atoms with Gasteiger partial charge < -0.3 is 16.2 Å². The highest BCUT2D eigenvalue weighted by molar-refractivity contribution is 6.30. The minimum atomic E-state index is -0.474. The lowest BCUT2D eigenvalue weighted by Gasteiger charge is -2.10. The van der Waals surface area contributed by atoms with Crippen LogP contribution in [0.15, 0.2) is 36.5 Å². The number of rotatable bonds is 3. The summed E-state index contributed by atoms with van der Waals surface area (Å²) in [7, 11) is 0. The Hall–Kier alpha value is -1.78. The maximum absolute atomic E-state index is 9.41. The third kappa shape index (κ3) is 2.91. The van der Waals surface area contributed by atoms with E-state index >= 15 is 0 Å². The highest BCUT2D eigenvalue weighted by atomic mass is 35.5. The van der Waals surface area contributed by atoms with E-state index in [1.165, 1.54) is 6.20 Å². The van der Waals surface area contributed by atoms with Crippen LogP contribution in [0.3, 0.4) is 0 Å². The summed E-state index contributed by atoms with van der Waals surface area (Å²) in [4.78, 5) is 4.11. The van der Waals surface area contributed by atoms with Crippen molar-refractivity contribution >= 4 is 28.8 Å². The second-order valence-electron chi connectivity index (χ2n) is 4.01. The monoisotopic (exact) mass is 263 g/mol. The van der Waals surface area contributed by atoms with Crippen LogP contribution in [0.4, 0.5) is 17.2 Å². The van der Waals surface area contributed by atoms with Crippen molar-refractivity contribution in [3.05, 3.63) is 47.1 Å². The van der Waals surface area contributed by atoms with Gasteiger partial charge in [-0.25, -0.2) is 4.98 Å². The highest BCUT2D eigenvalue weighted by Gasteiger charge is 2.04. The number of aliphatic hydroxyl groups is 1. The average molecular weight is 264 g/mol. The number of aliphatic hydroxyl groups excluding tert-OH is 1. The Kier molecular flexibility index (Phi) is 3.69. The summed E-state index contributed by atoms with van der Waals surface area (Å²) in [6.45, 7) is 1.72. The average Bonchev–Trinajstić information content (AvgIpc) is 2.33. The Bertz CT molecular complexity index is 540. The summed E-state index contributed by atoms with van der Waals surface area (Å²) in [5.41, 5.74) is 7.99. The number of halogens is 1. The molecule has 18 heavy (non-hydrogen) atoms. The minimum Gasteiger partial charge on any atom is -0.396 e. The third-order valence-corrected chi connectivity index (χ3v) is 2.75. The molecule has 1 unspecified atom stereocenters. The molecule has 4 nitrogen and oxygen atoms in total. The Morgan fingerprint density at radius 1 is 1.33 bits per heavy atom. The van der Waals surface area contributed by atoms with Crippen molar-refractivity contribution in [2.75, 3.05) is 11.1 Å². The molecule has 0 fully saturated rings. The van der Waals surface area contributed by atoms with Crippen LogP contribution >= 0.6 is 11.6 Å². The molecule has 1 heterocycles. The molecule has 1 atom stereocenters. The molecular formula is C13H14ClN3O. The van der Waals surface area contributed by atoms with Gasteiger partial charge in [0.2, 0.25) is 0 Å². The highest BCUT2D eigenvalue weighted by Crippen LogP contribution is 2.24. The van der Waals surface area contributed by atoms with Crippen LogP contribution in [0.25, 0.3) is 0 Å². The molecule has 0 aliphatic rings. The molecule has 5 heteroatoms. The number of benzene rings is 1. The molecule has 0 bridgehead atoms. The molecule has 94 valence electrons. The normalized spacial score (nSPS) is 12.2. The van der Waals surface area contributed by atoms with E-state index < -0.39 is 6.10 Å². The lowest BCUT2D eigenvalue weighted by Crippen LogP contribution is -1.99. The van der Waals surface area contributed by atoms with Gasteiger partial charge in [-0.2, -0.15) is 0 Å². The van der Waals surface area contributed by atoms with Crippen molar-refractivity contribution < 1.29 is 5.11 Å². The van der Waals surface area contributed by atoms with Gasteiger partial charge in [0.1, 0.15) is 0 Å². The molecule has 0 amide bonds. The number of pyridine rings is 1. The quantitative estimate of drug-likeness (QED) is 0.796. The summed E-state index contributed by atoms with van der Waals surface area (Å²) in [5, 5.41) is 13.0. The van der Waals surface area contributed by atoms with Crippen molar-refractivity contribution in [1.82, 2.24) is 4.98 Å². The number of aromatic nitrogens is 1. The largest absolute Gasteiger partial charge is 0.396 e. The Morgan fingerprint density at radius 3 is 2.56 bits per heavy atom. The van der Waals surface area contributed by atoms with E-state index in [0.717, 1.165) is 11.3 Å². The number of hydrogen-bond acceptors (Lipinski definition) is 4. The van der Waals surface area contributed by atoms with Crippen molar-refractivity contribution in [2.24, 2.45) is 0 Å². The first-order valence-electron chi connectivity index (χ1n) is 5.52. The van der Waals surface area contributed by atoms with Crippen LogP contribution in [0.1, 0.15) is 18.6 Å². The van der Waals surface area contributed by atoms with E-state index in [1.807, 2.05) is 24.3 Å². The van der Waals surface area contributed by atoms with Crippen molar-refractivity contribution in [3.63, 3.8) is 0 Å². The first-order chi connectivity index (χ1) is 8.56. The minimum absolute atomic E-state index is 0.474. The molecule has 1 aromatic heterocycles. The fourth-order valence-electron chi connectivity index (χ4n) is 1.54. The fourth-order valence-corrected chi connectivity index (χ4v) is 1.71. The number of nitrogen functional groups attached to an aromatic ring is 1. The SMILES string of the molecule is CC(O)c1ccc(Nc2ncc(Cl)cc2N)cc1.